The second-order valence-electron chi connectivity index (χ2n) is 3.19. The molecule has 2 aromatic heterocycles. The minimum Gasteiger partial charge on any atom is -0.477 e. The van der Waals surface area contributed by atoms with Gasteiger partial charge in [-0.3, -0.25) is 4.98 Å². The molecule has 0 aliphatic heterocycles. The molecule has 0 saturated heterocycles. The maximum Gasteiger partial charge on any atom is 0.343 e. The Morgan fingerprint density at radius 2 is 2.38 bits per heavy atom. The van der Waals surface area contributed by atoms with Gasteiger partial charge in [0.2, 0.25) is 5.88 Å². The van der Waals surface area contributed by atoms with Crippen molar-refractivity contribution in [1.29, 1.82) is 0 Å². The van der Waals surface area contributed by atoms with Crippen LogP contribution in [-0.4, -0.2) is 26.4 Å². The third-order valence-corrected chi connectivity index (χ3v) is 2.08. The molecule has 0 bridgehead atoms. The van der Waals surface area contributed by atoms with Crippen LogP contribution in [0.4, 0.5) is 0 Å². The monoisotopic (exact) mass is 220 g/mol. The van der Waals surface area contributed by atoms with E-state index in [9.17, 15) is 4.79 Å². The zero-order chi connectivity index (χ0) is 11.5. The van der Waals surface area contributed by atoms with E-state index in [1.165, 1.54) is 4.68 Å². The summed E-state index contributed by atoms with van der Waals surface area (Å²) in [6.45, 7) is 2.39. The number of pyridine rings is 1. The first-order valence-electron chi connectivity index (χ1n) is 4.94. The van der Waals surface area contributed by atoms with Crippen LogP contribution in [0.3, 0.4) is 0 Å². The molecule has 0 fully saturated rings. The number of aryl methyl sites for hydroxylation is 1. The quantitative estimate of drug-likeness (QED) is 0.820. The Hall–Kier alpha value is -2.11. The van der Waals surface area contributed by atoms with Crippen molar-refractivity contribution in [1.82, 2.24) is 19.7 Å². The first kappa shape index (κ1) is 10.4. The maximum absolute atomic E-state index is 11.3. The van der Waals surface area contributed by atoms with Crippen molar-refractivity contribution < 1.29 is 4.74 Å². The molecule has 1 N–H and O–H groups in total. The summed E-state index contributed by atoms with van der Waals surface area (Å²) >= 11 is 0. The molecule has 0 unspecified atom stereocenters. The van der Waals surface area contributed by atoms with Crippen molar-refractivity contribution in [3.8, 4) is 17.3 Å². The van der Waals surface area contributed by atoms with Crippen molar-refractivity contribution in [3.05, 3.63) is 28.8 Å². The lowest BCUT2D eigenvalue weighted by Crippen LogP contribution is -2.13. The normalized spacial score (nSPS) is 10.4. The van der Waals surface area contributed by atoms with Crippen molar-refractivity contribution in [2.24, 2.45) is 7.05 Å². The lowest BCUT2D eigenvalue weighted by atomic mass is 10.2. The fourth-order valence-corrected chi connectivity index (χ4v) is 1.35. The van der Waals surface area contributed by atoms with Gasteiger partial charge >= 0.3 is 5.69 Å². The van der Waals surface area contributed by atoms with Gasteiger partial charge in [-0.05, 0) is 19.1 Å². The first-order valence-corrected chi connectivity index (χ1v) is 4.94. The number of nitrogens with zero attached hydrogens (tertiary/aromatic N) is 3. The average Bonchev–Trinajstić information content (AvgIpc) is 2.60. The van der Waals surface area contributed by atoms with Gasteiger partial charge in [0, 0.05) is 13.2 Å². The van der Waals surface area contributed by atoms with Crippen LogP contribution in [0, 0.1) is 0 Å². The van der Waals surface area contributed by atoms with Gasteiger partial charge in [0.15, 0.2) is 5.82 Å². The summed E-state index contributed by atoms with van der Waals surface area (Å²) in [6.07, 6.45) is 1.63. The highest BCUT2D eigenvalue weighted by atomic mass is 16.5. The van der Waals surface area contributed by atoms with E-state index in [1.54, 1.807) is 25.4 Å². The Morgan fingerprint density at radius 1 is 1.56 bits per heavy atom. The molecule has 0 amide bonds. The van der Waals surface area contributed by atoms with Crippen molar-refractivity contribution in [2.75, 3.05) is 6.61 Å². The van der Waals surface area contributed by atoms with Crippen LogP contribution in [0.2, 0.25) is 0 Å². The topological polar surface area (TPSA) is 72.8 Å². The molecular weight excluding hydrogens is 208 g/mol. The minimum atomic E-state index is -0.263. The van der Waals surface area contributed by atoms with Crippen LogP contribution >= 0.6 is 0 Å². The van der Waals surface area contributed by atoms with Crippen LogP contribution in [0.25, 0.3) is 11.4 Å². The Bertz CT molecular complexity index is 544. The molecule has 0 atom stereocenters. The van der Waals surface area contributed by atoms with Crippen LogP contribution in [0.1, 0.15) is 6.92 Å². The van der Waals surface area contributed by atoms with E-state index >= 15 is 0 Å². The standard InChI is InChI=1S/C10H12N4O2/c1-3-16-9-7(5-4-6-11-9)8-12-10(15)14(2)13-8/h4-6H,3H2,1-2H3,(H,12,13,15). The molecule has 6 heteroatoms. The summed E-state index contributed by atoms with van der Waals surface area (Å²) < 4.78 is 6.59. The molecule has 2 rings (SSSR count). The van der Waals surface area contributed by atoms with Crippen molar-refractivity contribution in [2.45, 2.75) is 6.92 Å². The molecule has 0 aliphatic rings. The molecule has 6 nitrogen and oxygen atoms in total. The predicted molar refractivity (Wildman–Crippen MR) is 58.2 cm³/mol. The van der Waals surface area contributed by atoms with Gasteiger partial charge in [-0.2, -0.15) is 0 Å². The third-order valence-electron chi connectivity index (χ3n) is 2.08. The largest absolute Gasteiger partial charge is 0.477 e. The summed E-state index contributed by atoms with van der Waals surface area (Å²) in [6, 6.07) is 3.57. The molecule has 16 heavy (non-hydrogen) atoms. The average molecular weight is 220 g/mol. The number of aromatic amines is 1. The van der Waals surface area contributed by atoms with Crippen LogP contribution in [0.15, 0.2) is 23.1 Å². The zero-order valence-electron chi connectivity index (χ0n) is 9.10. The highest BCUT2D eigenvalue weighted by molar-refractivity contribution is 5.60. The molecule has 0 saturated carbocycles. The molecule has 0 radical (unpaired) electrons. The fourth-order valence-electron chi connectivity index (χ4n) is 1.35. The Kier molecular flexibility index (Phi) is 2.72. The number of hydrogen-bond acceptors (Lipinski definition) is 4. The van der Waals surface area contributed by atoms with E-state index in [0.29, 0.717) is 23.9 Å². The summed E-state index contributed by atoms with van der Waals surface area (Å²) in [5.41, 5.74) is 0.420. The first-order chi connectivity index (χ1) is 7.72. The lowest BCUT2D eigenvalue weighted by molar-refractivity contribution is 0.328. The van der Waals surface area contributed by atoms with Crippen molar-refractivity contribution >= 4 is 0 Å². The van der Waals surface area contributed by atoms with Gasteiger partial charge in [0.25, 0.3) is 0 Å². The maximum atomic E-state index is 11.3. The van der Waals surface area contributed by atoms with Gasteiger partial charge in [0.05, 0.1) is 12.2 Å². The lowest BCUT2D eigenvalue weighted by Gasteiger charge is -2.05. The summed E-state index contributed by atoms with van der Waals surface area (Å²) in [4.78, 5) is 18.0. The number of nitrogens with one attached hydrogen (secondary N) is 1. The summed E-state index contributed by atoms with van der Waals surface area (Å²) in [7, 11) is 1.58. The highest BCUT2D eigenvalue weighted by Crippen LogP contribution is 2.23. The van der Waals surface area contributed by atoms with E-state index in [-0.39, 0.29) is 5.69 Å². The molecule has 0 spiro atoms. The van der Waals surface area contributed by atoms with Crippen LogP contribution in [-0.2, 0) is 7.05 Å². The molecule has 84 valence electrons. The Morgan fingerprint density at radius 3 is 3.00 bits per heavy atom. The number of rotatable bonds is 3. The van der Waals surface area contributed by atoms with Crippen LogP contribution in [0.5, 0.6) is 5.88 Å². The SMILES string of the molecule is CCOc1ncccc1-c1nn(C)c(=O)[nH]1. The summed E-state index contributed by atoms with van der Waals surface area (Å²) in [5.74, 6) is 0.934. The Balaban J connectivity index is 2.50. The number of H-pyrrole nitrogens is 1. The number of hydrogen-bond donors (Lipinski definition) is 1. The van der Waals surface area contributed by atoms with Gasteiger partial charge < -0.3 is 4.74 Å². The van der Waals surface area contributed by atoms with E-state index in [2.05, 4.69) is 15.1 Å². The van der Waals surface area contributed by atoms with E-state index in [0.717, 1.165) is 0 Å². The minimum absolute atomic E-state index is 0.263. The molecule has 0 aromatic carbocycles. The van der Waals surface area contributed by atoms with Gasteiger partial charge in [-0.1, -0.05) is 0 Å². The summed E-state index contributed by atoms with van der Waals surface area (Å²) in [5, 5.41) is 4.05. The number of aromatic nitrogens is 4. The highest BCUT2D eigenvalue weighted by Gasteiger charge is 2.11. The van der Waals surface area contributed by atoms with E-state index in [1.807, 2.05) is 6.92 Å². The smallest absolute Gasteiger partial charge is 0.343 e. The molecular formula is C10H12N4O2. The predicted octanol–water partition coefficient (Wildman–Crippen LogP) is 0.569. The fraction of sp³-hybridized carbons (Fsp3) is 0.300. The molecule has 0 aliphatic carbocycles. The zero-order valence-corrected chi connectivity index (χ0v) is 9.10. The second-order valence-corrected chi connectivity index (χ2v) is 3.19. The second kappa shape index (κ2) is 4.18. The van der Waals surface area contributed by atoms with Gasteiger partial charge in [-0.15, -0.1) is 5.10 Å². The molecule has 2 heterocycles. The molecule has 2 aromatic rings. The van der Waals surface area contributed by atoms with E-state index in [4.69, 9.17) is 4.74 Å². The van der Waals surface area contributed by atoms with Crippen molar-refractivity contribution in [3.63, 3.8) is 0 Å². The van der Waals surface area contributed by atoms with Gasteiger partial charge in [0.1, 0.15) is 0 Å². The third kappa shape index (κ3) is 1.81. The number of ether oxygens (including phenoxy) is 1. The van der Waals surface area contributed by atoms with E-state index < -0.39 is 0 Å². The van der Waals surface area contributed by atoms with Gasteiger partial charge in [-0.25, -0.2) is 14.5 Å². The van der Waals surface area contributed by atoms with Crippen LogP contribution < -0.4 is 10.4 Å². The Labute approximate surface area is 91.9 Å².